The number of aromatic nitrogens is 2. The van der Waals surface area contributed by atoms with E-state index in [1.165, 1.54) is 36.8 Å². The molecule has 4 heteroatoms. The predicted molar refractivity (Wildman–Crippen MR) is 94.5 cm³/mol. The lowest BCUT2D eigenvalue weighted by Crippen LogP contribution is -2.23. The minimum absolute atomic E-state index is 0.161. The van der Waals surface area contributed by atoms with E-state index in [0.717, 1.165) is 12.1 Å². The van der Waals surface area contributed by atoms with Crippen molar-refractivity contribution >= 4 is 11.7 Å². The Hall–Kier alpha value is -2.23. The van der Waals surface area contributed by atoms with Gasteiger partial charge in [-0.15, -0.1) is 0 Å². The topological polar surface area (TPSA) is 54.9 Å². The lowest BCUT2D eigenvalue weighted by atomic mass is 9.82. The number of anilines is 1. The number of carbonyl (C=O) groups is 1. The summed E-state index contributed by atoms with van der Waals surface area (Å²) >= 11 is 0. The Bertz CT molecular complexity index is 748. The fourth-order valence-electron chi connectivity index (χ4n) is 3.84. The zero-order chi connectivity index (χ0) is 16.5. The molecule has 1 atom stereocenters. The standard InChI is InChI=1S/C20H23N3O/c1-13-6-8-14(9-7-13)15-10-18-17(19(24)11-15)12-21-20(23-18)22-16-4-2-3-5-16/h6-9,12,15-16H,2-5,10-11H2,1H3,(H,21,22,23)/t15-/m1/s1. The number of hydrogen-bond donors (Lipinski definition) is 1. The molecule has 0 amide bonds. The van der Waals surface area contributed by atoms with Crippen molar-refractivity contribution in [1.29, 1.82) is 0 Å². The molecular formula is C20H23N3O. The van der Waals surface area contributed by atoms with Gasteiger partial charge < -0.3 is 5.32 Å². The van der Waals surface area contributed by atoms with Gasteiger partial charge in [0.25, 0.3) is 0 Å². The maximum absolute atomic E-state index is 12.5. The Labute approximate surface area is 142 Å². The lowest BCUT2D eigenvalue weighted by molar-refractivity contribution is 0.0962. The summed E-state index contributed by atoms with van der Waals surface area (Å²) in [7, 11) is 0. The summed E-state index contributed by atoms with van der Waals surface area (Å²) in [6, 6.07) is 8.98. The van der Waals surface area contributed by atoms with Crippen LogP contribution in [-0.4, -0.2) is 21.8 Å². The van der Waals surface area contributed by atoms with E-state index in [0.29, 0.717) is 24.0 Å². The molecule has 1 heterocycles. The third kappa shape index (κ3) is 3.05. The SMILES string of the molecule is Cc1ccc([C@H]2CC(=O)c3cnc(NC4CCCC4)nc3C2)cc1. The molecule has 1 fully saturated rings. The first-order chi connectivity index (χ1) is 11.7. The Kier molecular flexibility index (Phi) is 4.05. The Morgan fingerprint density at radius 1 is 1.08 bits per heavy atom. The third-order valence-corrected chi connectivity index (χ3v) is 5.28. The molecule has 4 rings (SSSR count). The number of hydrogen-bond acceptors (Lipinski definition) is 4. The zero-order valence-electron chi connectivity index (χ0n) is 14.1. The smallest absolute Gasteiger partial charge is 0.223 e. The van der Waals surface area contributed by atoms with Crippen molar-refractivity contribution in [3.05, 3.63) is 52.8 Å². The van der Waals surface area contributed by atoms with Gasteiger partial charge in [-0.05, 0) is 37.7 Å². The molecule has 2 aliphatic carbocycles. The van der Waals surface area contributed by atoms with Gasteiger partial charge in [-0.2, -0.15) is 0 Å². The Morgan fingerprint density at radius 2 is 1.83 bits per heavy atom. The molecule has 1 aromatic heterocycles. The van der Waals surface area contributed by atoms with E-state index in [1.807, 2.05) is 0 Å². The van der Waals surface area contributed by atoms with Gasteiger partial charge in [-0.3, -0.25) is 4.79 Å². The minimum Gasteiger partial charge on any atom is -0.351 e. The highest BCUT2D eigenvalue weighted by atomic mass is 16.1. The van der Waals surface area contributed by atoms with Gasteiger partial charge in [-0.25, -0.2) is 9.97 Å². The van der Waals surface area contributed by atoms with Crippen LogP contribution in [0.2, 0.25) is 0 Å². The molecule has 2 aliphatic rings. The average Bonchev–Trinajstić information content (AvgIpc) is 3.08. The van der Waals surface area contributed by atoms with Gasteiger partial charge in [0.1, 0.15) is 0 Å². The van der Waals surface area contributed by atoms with Gasteiger partial charge >= 0.3 is 0 Å². The molecule has 0 aliphatic heterocycles. The first-order valence-corrected chi connectivity index (χ1v) is 8.91. The van der Waals surface area contributed by atoms with E-state index in [-0.39, 0.29) is 11.7 Å². The van der Waals surface area contributed by atoms with Gasteiger partial charge in [0, 0.05) is 18.7 Å². The normalized spacial score (nSPS) is 20.9. The summed E-state index contributed by atoms with van der Waals surface area (Å²) in [6.45, 7) is 2.08. The Balaban J connectivity index is 1.57. The quantitative estimate of drug-likeness (QED) is 0.926. The van der Waals surface area contributed by atoms with Crippen LogP contribution < -0.4 is 5.32 Å². The summed E-state index contributed by atoms with van der Waals surface area (Å²) in [6.07, 6.45) is 8.00. The second-order valence-corrected chi connectivity index (χ2v) is 7.12. The lowest BCUT2D eigenvalue weighted by Gasteiger charge is -2.24. The highest BCUT2D eigenvalue weighted by molar-refractivity contribution is 5.98. The van der Waals surface area contributed by atoms with Crippen LogP contribution in [-0.2, 0) is 6.42 Å². The second kappa shape index (κ2) is 6.34. The van der Waals surface area contributed by atoms with Crippen LogP contribution in [0.5, 0.6) is 0 Å². The third-order valence-electron chi connectivity index (χ3n) is 5.28. The van der Waals surface area contributed by atoms with Crippen LogP contribution in [0.3, 0.4) is 0 Å². The van der Waals surface area contributed by atoms with Crippen LogP contribution in [0.1, 0.15) is 65.2 Å². The molecule has 0 saturated heterocycles. The first-order valence-electron chi connectivity index (χ1n) is 8.91. The van der Waals surface area contributed by atoms with Crippen molar-refractivity contribution in [2.24, 2.45) is 0 Å². The number of carbonyl (C=O) groups excluding carboxylic acids is 1. The fourth-order valence-corrected chi connectivity index (χ4v) is 3.84. The van der Waals surface area contributed by atoms with Crippen LogP contribution in [0.15, 0.2) is 30.5 Å². The Morgan fingerprint density at radius 3 is 2.58 bits per heavy atom. The van der Waals surface area contributed by atoms with E-state index in [9.17, 15) is 4.79 Å². The number of Topliss-reactive ketones (excluding diaryl/α,β-unsaturated/α-hetero) is 1. The summed E-state index contributed by atoms with van der Waals surface area (Å²) < 4.78 is 0. The van der Waals surface area contributed by atoms with Crippen LogP contribution in [0.4, 0.5) is 5.95 Å². The van der Waals surface area contributed by atoms with E-state index in [1.54, 1.807) is 6.20 Å². The molecule has 0 spiro atoms. The average molecular weight is 321 g/mol. The highest BCUT2D eigenvalue weighted by Gasteiger charge is 2.28. The maximum atomic E-state index is 12.5. The molecule has 4 nitrogen and oxygen atoms in total. The number of nitrogens with one attached hydrogen (secondary N) is 1. The number of ketones is 1. The largest absolute Gasteiger partial charge is 0.351 e. The monoisotopic (exact) mass is 321 g/mol. The molecule has 0 unspecified atom stereocenters. The molecule has 124 valence electrons. The number of rotatable bonds is 3. The van der Waals surface area contributed by atoms with Gasteiger partial charge in [0.2, 0.25) is 5.95 Å². The number of nitrogens with zero attached hydrogens (tertiary/aromatic N) is 2. The first kappa shape index (κ1) is 15.3. The van der Waals surface area contributed by atoms with Crippen LogP contribution in [0, 0.1) is 6.92 Å². The van der Waals surface area contributed by atoms with E-state index < -0.39 is 0 Å². The van der Waals surface area contributed by atoms with Crippen molar-refractivity contribution in [1.82, 2.24) is 9.97 Å². The number of aryl methyl sites for hydroxylation is 1. The van der Waals surface area contributed by atoms with Crippen LogP contribution >= 0.6 is 0 Å². The maximum Gasteiger partial charge on any atom is 0.223 e. The van der Waals surface area contributed by atoms with Crippen molar-refractivity contribution in [2.75, 3.05) is 5.32 Å². The summed E-state index contributed by atoms with van der Waals surface area (Å²) in [4.78, 5) is 21.5. The van der Waals surface area contributed by atoms with Crippen molar-refractivity contribution in [2.45, 2.75) is 57.4 Å². The van der Waals surface area contributed by atoms with E-state index in [2.05, 4.69) is 46.5 Å². The molecule has 1 aromatic carbocycles. The molecule has 0 radical (unpaired) electrons. The summed E-state index contributed by atoms with van der Waals surface area (Å²) in [5, 5.41) is 3.43. The van der Waals surface area contributed by atoms with Gasteiger partial charge in [0.15, 0.2) is 5.78 Å². The van der Waals surface area contributed by atoms with Crippen molar-refractivity contribution in [3.63, 3.8) is 0 Å². The molecule has 1 saturated carbocycles. The highest BCUT2D eigenvalue weighted by Crippen LogP contribution is 2.32. The molecule has 2 aromatic rings. The predicted octanol–water partition coefficient (Wildman–Crippen LogP) is 4.05. The van der Waals surface area contributed by atoms with Gasteiger partial charge in [-0.1, -0.05) is 42.7 Å². The minimum atomic E-state index is 0.161. The van der Waals surface area contributed by atoms with Crippen molar-refractivity contribution in [3.8, 4) is 0 Å². The molecule has 24 heavy (non-hydrogen) atoms. The summed E-state index contributed by atoms with van der Waals surface area (Å²) in [5.74, 6) is 1.06. The van der Waals surface area contributed by atoms with Gasteiger partial charge in [0.05, 0.1) is 11.3 Å². The number of benzene rings is 1. The van der Waals surface area contributed by atoms with Crippen molar-refractivity contribution < 1.29 is 4.79 Å². The van der Waals surface area contributed by atoms with Crippen LogP contribution in [0.25, 0.3) is 0 Å². The molecule has 0 bridgehead atoms. The zero-order valence-corrected chi connectivity index (χ0v) is 14.1. The molecule has 1 N–H and O–H groups in total. The van der Waals surface area contributed by atoms with E-state index >= 15 is 0 Å². The fraction of sp³-hybridized carbons (Fsp3) is 0.450. The molecular weight excluding hydrogens is 298 g/mol. The van der Waals surface area contributed by atoms with E-state index in [4.69, 9.17) is 0 Å². The second-order valence-electron chi connectivity index (χ2n) is 7.12. The summed E-state index contributed by atoms with van der Waals surface area (Å²) in [5.41, 5.74) is 4.07. The number of fused-ring (bicyclic) bond motifs is 1.